The smallest absolute Gasteiger partial charge is 0.251 e. The number of fused-ring (bicyclic) bond motifs is 1. The van der Waals surface area contributed by atoms with E-state index < -0.39 is 0 Å². The molecule has 2 aliphatic rings. The highest BCUT2D eigenvalue weighted by Crippen LogP contribution is 2.46. The van der Waals surface area contributed by atoms with Crippen LogP contribution in [0, 0.1) is 0 Å². The van der Waals surface area contributed by atoms with Crippen LogP contribution in [-0.4, -0.2) is 31.6 Å². The third-order valence-electron chi connectivity index (χ3n) is 6.15. The first-order valence-corrected chi connectivity index (χ1v) is 10.7. The molecule has 4 rings (SSSR count). The van der Waals surface area contributed by atoms with Crippen LogP contribution in [0.4, 0.5) is 0 Å². The van der Waals surface area contributed by atoms with Gasteiger partial charge >= 0.3 is 0 Å². The lowest BCUT2D eigenvalue weighted by Crippen LogP contribution is -2.46. The standard InChI is InChI=1S/C24H30N4O2/c1-25-22(29)18-11-9-17(10-12-18)16-27-23(26-2)28-20-15-24(13-5-6-14-24)30-21-8-4-3-7-19(20)21/h3-4,7-12,20H,5-6,13-16H2,1-2H3,(H,25,29)(H2,26,27,28). The Morgan fingerprint density at radius 2 is 1.87 bits per heavy atom. The molecule has 1 fully saturated rings. The zero-order valence-electron chi connectivity index (χ0n) is 17.7. The Hall–Kier alpha value is -3.02. The minimum absolute atomic E-state index is 0.0550. The number of hydrogen-bond donors (Lipinski definition) is 3. The van der Waals surface area contributed by atoms with Crippen LogP contribution in [0.2, 0.25) is 0 Å². The molecule has 0 aromatic heterocycles. The van der Waals surface area contributed by atoms with Crippen LogP contribution in [0.1, 0.15) is 59.6 Å². The van der Waals surface area contributed by atoms with Gasteiger partial charge in [0, 0.05) is 38.2 Å². The molecule has 1 heterocycles. The summed E-state index contributed by atoms with van der Waals surface area (Å²) in [5, 5.41) is 9.66. The highest BCUT2D eigenvalue weighted by atomic mass is 16.5. The van der Waals surface area contributed by atoms with E-state index in [0.717, 1.165) is 36.5 Å². The van der Waals surface area contributed by atoms with Gasteiger partial charge in [-0.1, -0.05) is 30.3 Å². The second-order valence-corrected chi connectivity index (χ2v) is 8.13. The summed E-state index contributed by atoms with van der Waals surface area (Å²) in [5.41, 5.74) is 2.88. The van der Waals surface area contributed by atoms with Crippen LogP contribution in [0.25, 0.3) is 0 Å². The second kappa shape index (κ2) is 8.78. The Morgan fingerprint density at radius 1 is 1.13 bits per heavy atom. The van der Waals surface area contributed by atoms with Gasteiger partial charge in [-0.05, 0) is 49.4 Å². The van der Waals surface area contributed by atoms with Gasteiger partial charge in [-0.15, -0.1) is 0 Å². The number of carbonyl (C=O) groups excluding carboxylic acids is 1. The molecule has 1 aliphatic carbocycles. The highest BCUT2D eigenvalue weighted by molar-refractivity contribution is 5.93. The summed E-state index contributed by atoms with van der Waals surface area (Å²) in [4.78, 5) is 16.1. The molecular formula is C24H30N4O2. The fraction of sp³-hybridized carbons (Fsp3) is 0.417. The van der Waals surface area contributed by atoms with E-state index in [1.54, 1.807) is 14.1 Å². The zero-order valence-corrected chi connectivity index (χ0v) is 17.7. The Balaban J connectivity index is 1.43. The van der Waals surface area contributed by atoms with Crippen molar-refractivity contribution in [3.05, 3.63) is 65.2 Å². The number of ether oxygens (including phenoxy) is 1. The van der Waals surface area contributed by atoms with Gasteiger partial charge < -0.3 is 20.7 Å². The molecule has 1 spiro atoms. The van der Waals surface area contributed by atoms with Crippen LogP contribution < -0.4 is 20.7 Å². The number of para-hydroxylation sites is 1. The van der Waals surface area contributed by atoms with E-state index in [1.165, 1.54) is 18.4 Å². The van der Waals surface area contributed by atoms with E-state index in [-0.39, 0.29) is 17.6 Å². The summed E-state index contributed by atoms with van der Waals surface area (Å²) in [6.45, 7) is 0.629. The number of amides is 1. The zero-order chi connectivity index (χ0) is 21.0. The SMILES string of the molecule is CN=C(NCc1ccc(C(=O)NC)cc1)NC1CC2(CCCC2)Oc2ccccc21. The molecule has 1 atom stereocenters. The predicted octanol–water partition coefficient (Wildman–Crippen LogP) is 3.55. The summed E-state index contributed by atoms with van der Waals surface area (Å²) in [7, 11) is 3.43. The summed E-state index contributed by atoms with van der Waals surface area (Å²) in [5.74, 6) is 1.68. The van der Waals surface area contributed by atoms with E-state index in [4.69, 9.17) is 4.74 Å². The lowest BCUT2D eigenvalue weighted by atomic mass is 9.86. The predicted molar refractivity (Wildman–Crippen MR) is 119 cm³/mol. The first kappa shape index (κ1) is 20.3. The quantitative estimate of drug-likeness (QED) is 0.536. The van der Waals surface area contributed by atoms with Crippen LogP contribution >= 0.6 is 0 Å². The normalized spacial score (nSPS) is 19.7. The molecule has 0 radical (unpaired) electrons. The van der Waals surface area contributed by atoms with Crippen molar-refractivity contribution < 1.29 is 9.53 Å². The third-order valence-corrected chi connectivity index (χ3v) is 6.15. The van der Waals surface area contributed by atoms with Crippen LogP contribution in [0.15, 0.2) is 53.5 Å². The highest BCUT2D eigenvalue weighted by Gasteiger charge is 2.43. The lowest BCUT2D eigenvalue weighted by molar-refractivity contribution is 0.0396. The van der Waals surface area contributed by atoms with Crippen molar-refractivity contribution in [2.45, 2.75) is 50.3 Å². The molecule has 3 N–H and O–H groups in total. The van der Waals surface area contributed by atoms with Gasteiger partial charge in [-0.3, -0.25) is 9.79 Å². The fourth-order valence-corrected chi connectivity index (χ4v) is 4.54. The molecule has 0 bridgehead atoms. The molecule has 6 heteroatoms. The maximum Gasteiger partial charge on any atom is 0.251 e. The first-order valence-electron chi connectivity index (χ1n) is 10.7. The lowest BCUT2D eigenvalue weighted by Gasteiger charge is -2.40. The minimum Gasteiger partial charge on any atom is -0.487 e. The average molecular weight is 407 g/mol. The van der Waals surface area contributed by atoms with Gasteiger partial charge in [-0.25, -0.2) is 0 Å². The maximum absolute atomic E-state index is 11.7. The van der Waals surface area contributed by atoms with Crippen LogP contribution in [0.5, 0.6) is 5.75 Å². The van der Waals surface area contributed by atoms with Gasteiger partial charge in [0.25, 0.3) is 5.91 Å². The molecule has 30 heavy (non-hydrogen) atoms. The second-order valence-electron chi connectivity index (χ2n) is 8.13. The molecule has 2 aromatic carbocycles. The molecule has 0 saturated heterocycles. The topological polar surface area (TPSA) is 74.8 Å². The van der Waals surface area contributed by atoms with E-state index in [2.05, 4.69) is 39.1 Å². The minimum atomic E-state index is -0.0778. The summed E-state index contributed by atoms with van der Waals surface area (Å²) < 4.78 is 6.46. The van der Waals surface area contributed by atoms with Crippen molar-refractivity contribution in [1.29, 1.82) is 0 Å². The monoisotopic (exact) mass is 406 g/mol. The Labute approximate surface area is 178 Å². The molecule has 1 amide bonds. The fourth-order valence-electron chi connectivity index (χ4n) is 4.54. The molecule has 1 aliphatic heterocycles. The van der Waals surface area contributed by atoms with E-state index in [0.29, 0.717) is 12.1 Å². The number of rotatable bonds is 4. The van der Waals surface area contributed by atoms with E-state index in [9.17, 15) is 4.79 Å². The van der Waals surface area contributed by atoms with E-state index in [1.807, 2.05) is 30.3 Å². The molecule has 2 aromatic rings. The first-order chi connectivity index (χ1) is 14.6. The van der Waals surface area contributed by atoms with Crippen molar-refractivity contribution in [2.24, 2.45) is 4.99 Å². The van der Waals surface area contributed by atoms with Crippen molar-refractivity contribution in [3.63, 3.8) is 0 Å². The number of carbonyl (C=O) groups is 1. The number of benzene rings is 2. The Bertz CT molecular complexity index is 917. The van der Waals surface area contributed by atoms with Gasteiger partial charge in [0.15, 0.2) is 5.96 Å². The van der Waals surface area contributed by atoms with Crippen LogP contribution in [0.3, 0.4) is 0 Å². The molecule has 1 unspecified atom stereocenters. The van der Waals surface area contributed by atoms with Crippen molar-refractivity contribution in [2.75, 3.05) is 14.1 Å². The van der Waals surface area contributed by atoms with Gasteiger partial charge in [0.1, 0.15) is 11.4 Å². The average Bonchev–Trinajstić information content (AvgIpc) is 3.23. The summed E-state index contributed by atoms with van der Waals surface area (Å²) >= 11 is 0. The Morgan fingerprint density at radius 3 is 2.57 bits per heavy atom. The summed E-state index contributed by atoms with van der Waals surface area (Å²) in [6.07, 6.45) is 5.64. The number of nitrogens with zero attached hydrogens (tertiary/aromatic N) is 1. The van der Waals surface area contributed by atoms with Crippen molar-refractivity contribution >= 4 is 11.9 Å². The van der Waals surface area contributed by atoms with Crippen molar-refractivity contribution in [1.82, 2.24) is 16.0 Å². The molecule has 158 valence electrons. The van der Waals surface area contributed by atoms with Gasteiger partial charge in [0.2, 0.25) is 0 Å². The number of guanidine groups is 1. The van der Waals surface area contributed by atoms with Crippen molar-refractivity contribution in [3.8, 4) is 5.75 Å². The Kier molecular flexibility index (Phi) is 5.93. The molecular weight excluding hydrogens is 376 g/mol. The molecule has 6 nitrogen and oxygen atoms in total. The largest absolute Gasteiger partial charge is 0.487 e. The van der Waals surface area contributed by atoms with Gasteiger partial charge in [-0.2, -0.15) is 0 Å². The number of aliphatic imine (C=N–C) groups is 1. The number of nitrogens with one attached hydrogen (secondary N) is 3. The molecule has 1 saturated carbocycles. The van der Waals surface area contributed by atoms with Gasteiger partial charge in [0.05, 0.1) is 6.04 Å². The van der Waals surface area contributed by atoms with Crippen LogP contribution in [-0.2, 0) is 6.54 Å². The third kappa shape index (κ3) is 4.27. The number of hydrogen-bond acceptors (Lipinski definition) is 3. The maximum atomic E-state index is 11.7. The van der Waals surface area contributed by atoms with E-state index >= 15 is 0 Å². The summed E-state index contributed by atoms with van der Waals surface area (Å²) in [6, 6.07) is 16.1.